The van der Waals surface area contributed by atoms with Crippen molar-refractivity contribution in [3.63, 3.8) is 0 Å². The van der Waals surface area contributed by atoms with Crippen LogP contribution in [0.15, 0.2) is 72.9 Å². The summed E-state index contributed by atoms with van der Waals surface area (Å²) < 4.78 is 21.9. The van der Waals surface area contributed by atoms with Crippen molar-refractivity contribution in [2.45, 2.75) is 134 Å². The lowest BCUT2D eigenvalue weighted by Crippen LogP contribution is -2.59. The fraction of sp³-hybridized carbons (Fsp3) is 0.632. The molecule has 272 valence electrons. The maximum atomic E-state index is 12.6. The first kappa shape index (κ1) is 43.2. The minimum Gasteiger partial charge on any atom is -0.462 e. The molecule has 4 N–H and O–H groups in total. The Morgan fingerprint density at radius 1 is 0.667 bits per heavy atom. The highest BCUT2D eigenvalue weighted by molar-refractivity contribution is 5.70. The van der Waals surface area contributed by atoms with E-state index in [4.69, 9.17) is 18.9 Å². The van der Waals surface area contributed by atoms with Gasteiger partial charge in [-0.2, -0.15) is 0 Å². The Morgan fingerprint density at radius 2 is 1.27 bits per heavy atom. The first-order valence-electron chi connectivity index (χ1n) is 17.6. The smallest absolute Gasteiger partial charge is 0.306 e. The number of allylic oxidation sites excluding steroid dienone is 12. The van der Waals surface area contributed by atoms with Crippen molar-refractivity contribution in [2.75, 3.05) is 19.8 Å². The number of aliphatic hydroxyl groups is 4. The lowest BCUT2D eigenvalue weighted by molar-refractivity contribution is -0.305. The second kappa shape index (κ2) is 29.1. The summed E-state index contributed by atoms with van der Waals surface area (Å²) in [5, 5.41) is 39.8. The summed E-state index contributed by atoms with van der Waals surface area (Å²) in [7, 11) is 0. The highest BCUT2D eigenvalue weighted by atomic mass is 16.7. The van der Waals surface area contributed by atoms with Crippen LogP contribution in [0.25, 0.3) is 0 Å². The Hall–Kier alpha value is -2.86. The molecule has 10 heteroatoms. The Balaban J connectivity index is 2.53. The summed E-state index contributed by atoms with van der Waals surface area (Å²) in [5.74, 6) is -0.922. The third kappa shape index (κ3) is 21.2. The van der Waals surface area contributed by atoms with Gasteiger partial charge in [-0.15, -0.1) is 0 Å². The number of ether oxygens (including phenoxy) is 4. The van der Waals surface area contributed by atoms with Crippen molar-refractivity contribution in [1.29, 1.82) is 0 Å². The Labute approximate surface area is 287 Å². The zero-order valence-corrected chi connectivity index (χ0v) is 28.9. The minimum absolute atomic E-state index is 0.127. The number of hydrogen-bond acceptors (Lipinski definition) is 10. The van der Waals surface area contributed by atoms with Crippen molar-refractivity contribution >= 4 is 11.9 Å². The summed E-state index contributed by atoms with van der Waals surface area (Å²) in [6.45, 7) is 3.09. The van der Waals surface area contributed by atoms with Crippen LogP contribution in [0.5, 0.6) is 0 Å². The molecule has 48 heavy (non-hydrogen) atoms. The summed E-state index contributed by atoms with van der Waals surface area (Å²) in [5.41, 5.74) is 0. The fourth-order valence-electron chi connectivity index (χ4n) is 4.61. The maximum absolute atomic E-state index is 12.6. The van der Waals surface area contributed by atoms with E-state index in [1.165, 1.54) is 12.8 Å². The molecule has 0 aromatic carbocycles. The highest BCUT2D eigenvalue weighted by Gasteiger charge is 2.44. The number of unbranched alkanes of at least 4 members (excludes halogenated alkanes) is 7. The molecule has 3 unspecified atom stereocenters. The van der Waals surface area contributed by atoms with Gasteiger partial charge in [0.25, 0.3) is 0 Å². The minimum atomic E-state index is -1.61. The number of hydrogen-bond donors (Lipinski definition) is 4. The number of carbonyl (C=O) groups excluding carboxylic acids is 2. The largest absolute Gasteiger partial charge is 0.462 e. The van der Waals surface area contributed by atoms with Crippen molar-refractivity contribution in [3.05, 3.63) is 72.9 Å². The van der Waals surface area contributed by atoms with E-state index in [-0.39, 0.29) is 26.1 Å². The molecule has 0 spiro atoms. The van der Waals surface area contributed by atoms with E-state index in [0.717, 1.165) is 38.5 Å². The zero-order valence-electron chi connectivity index (χ0n) is 28.9. The molecular formula is C38H60O10. The molecule has 0 aromatic rings. The molecular weight excluding hydrogens is 616 g/mol. The highest BCUT2D eigenvalue weighted by Crippen LogP contribution is 2.22. The molecule has 1 saturated heterocycles. The summed E-state index contributed by atoms with van der Waals surface area (Å²) in [6, 6.07) is 0. The fourth-order valence-corrected chi connectivity index (χ4v) is 4.61. The number of aliphatic hydroxyl groups excluding tert-OH is 4. The SMILES string of the molecule is CC/C=C/C=C/C=C/C=C/C=C/CCCC(=O)OC(COC(=O)CCCCCC/C=C/CCCC)CO[C@@H]1O[C@H](CO)[C@H](O)C(O)C1O. The van der Waals surface area contributed by atoms with Crippen LogP contribution in [0.3, 0.4) is 0 Å². The zero-order chi connectivity index (χ0) is 35.2. The van der Waals surface area contributed by atoms with E-state index in [9.17, 15) is 30.0 Å². The van der Waals surface area contributed by atoms with Gasteiger partial charge in [-0.05, 0) is 44.9 Å². The maximum Gasteiger partial charge on any atom is 0.306 e. The summed E-state index contributed by atoms with van der Waals surface area (Å²) in [4.78, 5) is 25.0. The molecule has 10 nitrogen and oxygen atoms in total. The Bertz CT molecular complexity index is 1010. The Kier molecular flexibility index (Phi) is 26.2. The van der Waals surface area contributed by atoms with Crippen LogP contribution < -0.4 is 0 Å². The normalized spacial score (nSPS) is 22.7. The monoisotopic (exact) mass is 676 g/mol. The van der Waals surface area contributed by atoms with Gasteiger partial charge in [-0.1, -0.05) is 112 Å². The van der Waals surface area contributed by atoms with E-state index >= 15 is 0 Å². The van der Waals surface area contributed by atoms with Gasteiger partial charge in [0, 0.05) is 12.8 Å². The Morgan fingerprint density at radius 3 is 1.94 bits per heavy atom. The van der Waals surface area contributed by atoms with Crippen LogP contribution in [0.1, 0.15) is 97.3 Å². The van der Waals surface area contributed by atoms with Gasteiger partial charge in [0.2, 0.25) is 0 Å². The van der Waals surface area contributed by atoms with Gasteiger partial charge in [-0.3, -0.25) is 9.59 Å². The number of rotatable bonds is 26. The van der Waals surface area contributed by atoms with Gasteiger partial charge >= 0.3 is 11.9 Å². The molecule has 1 heterocycles. The number of esters is 2. The van der Waals surface area contributed by atoms with Crippen molar-refractivity contribution in [1.82, 2.24) is 0 Å². The van der Waals surface area contributed by atoms with Crippen molar-refractivity contribution in [2.24, 2.45) is 0 Å². The van der Waals surface area contributed by atoms with Gasteiger partial charge in [0.1, 0.15) is 31.0 Å². The van der Waals surface area contributed by atoms with Crippen LogP contribution >= 0.6 is 0 Å². The lowest BCUT2D eigenvalue weighted by Gasteiger charge is -2.39. The third-order valence-corrected chi connectivity index (χ3v) is 7.45. The molecule has 1 aliphatic rings. The molecule has 1 fully saturated rings. The van der Waals surface area contributed by atoms with Gasteiger partial charge in [0.15, 0.2) is 12.4 Å². The molecule has 6 atom stereocenters. The number of carbonyl (C=O) groups is 2. The third-order valence-electron chi connectivity index (χ3n) is 7.45. The second-order valence-electron chi connectivity index (χ2n) is 11.7. The van der Waals surface area contributed by atoms with E-state index in [2.05, 4.69) is 32.1 Å². The van der Waals surface area contributed by atoms with E-state index in [1.807, 2.05) is 54.7 Å². The van der Waals surface area contributed by atoms with E-state index in [0.29, 0.717) is 19.3 Å². The van der Waals surface area contributed by atoms with Gasteiger partial charge in [-0.25, -0.2) is 0 Å². The first-order valence-corrected chi connectivity index (χ1v) is 17.6. The molecule has 0 aliphatic carbocycles. The summed E-state index contributed by atoms with van der Waals surface area (Å²) >= 11 is 0. The predicted octanol–water partition coefficient (Wildman–Crippen LogP) is 5.71. The lowest BCUT2D eigenvalue weighted by atomic mass is 9.99. The molecule has 0 saturated carbocycles. The topological polar surface area (TPSA) is 152 Å². The van der Waals surface area contributed by atoms with Gasteiger partial charge in [0.05, 0.1) is 13.2 Å². The molecule has 0 bridgehead atoms. The van der Waals surface area contributed by atoms with Crippen molar-refractivity contribution in [3.8, 4) is 0 Å². The van der Waals surface area contributed by atoms with Crippen LogP contribution in [-0.2, 0) is 28.5 Å². The van der Waals surface area contributed by atoms with Crippen LogP contribution in [-0.4, -0.2) is 89.0 Å². The first-order chi connectivity index (χ1) is 23.3. The quantitative estimate of drug-likeness (QED) is 0.0388. The molecule has 1 aliphatic heterocycles. The average molecular weight is 677 g/mol. The molecule has 0 aromatic heterocycles. The molecule has 1 rings (SSSR count). The van der Waals surface area contributed by atoms with Crippen LogP contribution in [0, 0.1) is 0 Å². The van der Waals surface area contributed by atoms with Crippen LogP contribution in [0.2, 0.25) is 0 Å². The average Bonchev–Trinajstić information content (AvgIpc) is 3.08. The van der Waals surface area contributed by atoms with Crippen molar-refractivity contribution < 1.29 is 49.0 Å². The van der Waals surface area contributed by atoms with Gasteiger partial charge < -0.3 is 39.4 Å². The summed E-state index contributed by atoms with van der Waals surface area (Å²) in [6.07, 6.45) is 26.5. The van der Waals surface area contributed by atoms with E-state index < -0.39 is 55.4 Å². The van der Waals surface area contributed by atoms with Crippen LogP contribution in [0.4, 0.5) is 0 Å². The molecule has 0 radical (unpaired) electrons. The second-order valence-corrected chi connectivity index (χ2v) is 11.7. The van der Waals surface area contributed by atoms with E-state index in [1.54, 1.807) is 0 Å². The predicted molar refractivity (Wildman–Crippen MR) is 187 cm³/mol. The standard InChI is InChI=1S/C38H60O10/c1-3-5-7-9-11-13-15-16-17-19-21-23-25-27-34(41)47-31(30-46-38-37(44)36(43)35(42)32(28-39)48-38)29-45-33(40)26-24-22-20-18-14-12-10-8-6-4-2/h5,7,9-13,15-17,19,21,31-32,35-39,42-44H,3-4,6,8,14,18,20,22-30H2,1-2H3/b7-5+,11-9+,12-10+,15-13+,17-16+,21-19+/t31?,32-,35+,36?,37?,38-/m1/s1. The molecule has 0 amide bonds.